The van der Waals surface area contributed by atoms with Crippen molar-refractivity contribution in [3.63, 3.8) is 0 Å². The maximum absolute atomic E-state index is 11.2. The maximum atomic E-state index is 11.2. The van der Waals surface area contributed by atoms with Crippen LogP contribution < -0.4 is 15.8 Å². The number of nitrogens with one attached hydrogen (secondary N) is 2. The second kappa shape index (κ2) is 4.92. The summed E-state index contributed by atoms with van der Waals surface area (Å²) in [7, 11) is 0. The minimum atomic E-state index is -0.411. The molecule has 0 aliphatic carbocycles. The molecule has 1 atom stereocenters. The Kier molecular flexibility index (Phi) is 3.34. The maximum Gasteiger partial charge on any atom is 0.248 e. The number of hydrogen-bond acceptors (Lipinski definition) is 5. The van der Waals surface area contributed by atoms with Crippen LogP contribution in [0.2, 0.25) is 0 Å². The number of carbonyl (C=O) groups excluding carboxylic acids is 2. The standard InChI is InChI=1S/C11H13N3O3/c15-6-10(16)9-3-4-14(7-13-9)8-1-2-11(17)12-5-8/h1-2,5-6,9,13H,3-4,7H2,(H,12,17). The predicted molar refractivity (Wildman–Crippen MR) is 61.9 cm³/mol. The highest BCUT2D eigenvalue weighted by molar-refractivity contribution is 6.27. The van der Waals surface area contributed by atoms with Crippen LogP contribution in [0, 0.1) is 0 Å². The lowest BCUT2D eigenvalue weighted by Crippen LogP contribution is -2.51. The van der Waals surface area contributed by atoms with E-state index >= 15 is 0 Å². The predicted octanol–water partition coefficient (Wildman–Crippen LogP) is -0.731. The zero-order valence-corrected chi connectivity index (χ0v) is 9.18. The minimum absolute atomic E-state index is 0.146. The van der Waals surface area contributed by atoms with Crippen LogP contribution in [0.5, 0.6) is 0 Å². The zero-order chi connectivity index (χ0) is 12.3. The average Bonchev–Trinajstić information content (AvgIpc) is 2.39. The number of aldehydes is 1. The van der Waals surface area contributed by atoms with E-state index in [1.807, 2.05) is 4.90 Å². The first-order valence-electron chi connectivity index (χ1n) is 5.37. The zero-order valence-electron chi connectivity index (χ0n) is 9.18. The number of ketones is 1. The molecular formula is C11H13N3O3. The van der Waals surface area contributed by atoms with Gasteiger partial charge >= 0.3 is 0 Å². The Morgan fingerprint density at radius 1 is 1.47 bits per heavy atom. The van der Waals surface area contributed by atoms with Gasteiger partial charge in [0.05, 0.1) is 18.4 Å². The molecule has 6 heteroatoms. The number of rotatable bonds is 3. The third kappa shape index (κ3) is 2.59. The Bertz CT molecular complexity index is 455. The minimum Gasteiger partial charge on any atom is -0.357 e. The molecule has 1 aromatic rings. The molecule has 2 N–H and O–H groups in total. The lowest BCUT2D eigenvalue weighted by molar-refractivity contribution is -0.131. The number of Topliss-reactive ketones (excluding diaryl/α,β-unsaturated/α-hetero) is 1. The number of anilines is 1. The number of aromatic nitrogens is 1. The summed E-state index contributed by atoms with van der Waals surface area (Å²) in [5.74, 6) is -0.411. The average molecular weight is 235 g/mol. The second-order valence-corrected chi connectivity index (χ2v) is 3.90. The summed E-state index contributed by atoms with van der Waals surface area (Å²) >= 11 is 0. The molecule has 1 aliphatic rings. The highest BCUT2D eigenvalue weighted by Gasteiger charge is 2.23. The number of aromatic amines is 1. The SMILES string of the molecule is O=CC(=O)C1CCN(c2ccc(=O)[nH]c2)CN1. The van der Waals surface area contributed by atoms with Crippen molar-refractivity contribution < 1.29 is 9.59 Å². The van der Waals surface area contributed by atoms with Crippen LogP contribution in [0.4, 0.5) is 5.69 Å². The second-order valence-electron chi connectivity index (χ2n) is 3.90. The van der Waals surface area contributed by atoms with Crippen LogP contribution >= 0.6 is 0 Å². The molecular weight excluding hydrogens is 222 g/mol. The first kappa shape index (κ1) is 11.5. The summed E-state index contributed by atoms with van der Waals surface area (Å²) in [4.78, 5) is 37.0. The van der Waals surface area contributed by atoms with Gasteiger partial charge in [0.1, 0.15) is 0 Å². The van der Waals surface area contributed by atoms with E-state index in [2.05, 4.69) is 10.3 Å². The number of carbonyl (C=O) groups is 2. The summed E-state index contributed by atoms with van der Waals surface area (Å²) < 4.78 is 0. The van der Waals surface area contributed by atoms with Crippen molar-refractivity contribution in [2.45, 2.75) is 12.5 Å². The lowest BCUT2D eigenvalue weighted by Gasteiger charge is -2.33. The van der Waals surface area contributed by atoms with Crippen LogP contribution in [-0.4, -0.2) is 36.3 Å². The van der Waals surface area contributed by atoms with Crippen molar-refractivity contribution in [1.29, 1.82) is 0 Å². The largest absolute Gasteiger partial charge is 0.357 e. The molecule has 17 heavy (non-hydrogen) atoms. The van der Waals surface area contributed by atoms with Crippen molar-refractivity contribution in [3.05, 3.63) is 28.7 Å². The van der Waals surface area contributed by atoms with Crippen LogP contribution in [0.1, 0.15) is 6.42 Å². The monoisotopic (exact) mass is 235 g/mol. The summed E-state index contributed by atoms with van der Waals surface area (Å²) in [5.41, 5.74) is 0.738. The van der Waals surface area contributed by atoms with Crippen molar-refractivity contribution in [1.82, 2.24) is 10.3 Å². The van der Waals surface area contributed by atoms with Crippen LogP contribution in [0.3, 0.4) is 0 Å². The number of hydrogen-bond donors (Lipinski definition) is 2. The van der Waals surface area contributed by atoms with Gasteiger partial charge in [0.25, 0.3) is 0 Å². The van der Waals surface area contributed by atoms with Gasteiger partial charge in [-0.25, -0.2) is 0 Å². The van der Waals surface area contributed by atoms with Gasteiger partial charge in [-0.05, 0) is 12.5 Å². The van der Waals surface area contributed by atoms with Gasteiger partial charge in [-0.1, -0.05) is 0 Å². The number of nitrogens with zero attached hydrogens (tertiary/aromatic N) is 1. The Morgan fingerprint density at radius 2 is 2.29 bits per heavy atom. The van der Waals surface area contributed by atoms with Gasteiger partial charge in [-0.15, -0.1) is 0 Å². The summed E-state index contributed by atoms with van der Waals surface area (Å²) in [6.45, 7) is 1.15. The van der Waals surface area contributed by atoms with E-state index in [1.165, 1.54) is 6.07 Å². The van der Waals surface area contributed by atoms with Crippen LogP contribution in [0.25, 0.3) is 0 Å². The fraction of sp³-hybridized carbons (Fsp3) is 0.364. The van der Waals surface area contributed by atoms with Crippen molar-refractivity contribution in [2.24, 2.45) is 0 Å². The highest BCUT2D eigenvalue weighted by Crippen LogP contribution is 2.14. The van der Waals surface area contributed by atoms with E-state index < -0.39 is 5.78 Å². The molecule has 2 heterocycles. The number of H-pyrrole nitrogens is 1. The molecule has 1 aliphatic heterocycles. The molecule has 1 aromatic heterocycles. The van der Waals surface area contributed by atoms with E-state index in [1.54, 1.807) is 12.3 Å². The summed E-state index contributed by atoms with van der Waals surface area (Å²) in [6, 6.07) is 2.80. The topological polar surface area (TPSA) is 82.3 Å². The van der Waals surface area contributed by atoms with E-state index in [4.69, 9.17) is 0 Å². The van der Waals surface area contributed by atoms with E-state index in [-0.39, 0.29) is 11.6 Å². The lowest BCUT2D eigenvalue weighted by atomic mass is 10.1. The summed E-state index contributed by atoms with van der Waals surface area (Å²) in [5, 5.41) is 2.99. The summed E-state index contributed by atoms with van der Waals surface area (Å²) in [6.07, 6.45) is 2.57. The molecule has 1 unspecified atom stereocenters. The Labute approximate surface area is 97.6 Å². The molecule has 0 bridgehead atoms. The Morgan fingerprint density at radius 3 is 2.82 bits per heavy atom. The molecule has 0 aromatic carbocycles. The normalized spacial score (nSPS) is 20.0. The smallest absolute Gasteiger partial charge is 0.248 e. The first-order valence-corrected chi connectivity index (χ1v) is 5.37. The van der Waals surface area contributed by atoms with E-state index in [0.29, 0.717) is 25.9 Å². The molecule has 0 radical (unpaired) electrons. The Balaban J connectivity index is 1.99. The van der Waals surface area contributed by atoms with Crippen LogP contribution in [0.15, 0.2) is 23.1 Å². The molecule has 1 saturated heterocycles. The third-order valence-corrected chi connectivity index (χ3v) is 2.81. The molecule has 0 amide bonds. The van der Waals surface area contributed by atoms with Gasteiger partial charge in [0.15, 0.2) is 6.29 Å². The van der Waals surface area contributed by atoms with Crippen molar-refractivity contribution >= 4 is 17.8 Å². The number of pyridine rings is 1. The van der Waals surface area contributed by atoms with Gasteiger partial charge in [0.2, 0.25) is 11.3 Å². The molecule has 90 valence electrons. The van der Waals surface area contributed by atoms with E-state index in [0.717, 1.165) is 5.69 Å². The third-order valence-electron chi connectivity index (χ3n) is 2.81. The fourth-order valence-corrected chi connectivity index (χ4v) is 1.83. The van der Waals surface area contributed by atoms with Crippen LogP contribution in [-0.2, 0) is 9.59 Å². The van der Waals surface area contributed by atoms with Crippen molar-refractivity contribution in [3.8, 4) is 0 Å². The fourth-order valence-electron chi connectivity index (χ4n) is 1.83. The van der Waals surface area contributed by atoms with Gasteiger partial charge in [0, 0.05) is 18.8 Å². The quantitative estimate of drug-likeness (QED) is 0.533. The van der Waals surface area contributed by atoms with Gasteiger partial charge in [-0.2, -0.15) is 0 Å². The van der Waals surface area contributed by atoms with Gasteiger partial charge in [-0.3, -0.25) is 19.7 Å². The molecule has 1 fully saturated rings. The highest BCUT2D eigenvalue weighted by atomic mass is 16.2. The molecule has 2 rings (SSSR count). The Hall–Kier alpha value is -1.95. The molecule has 0 spiro atoms. The van der Waals surface area contributed by atoms with Crippen molar-refractivity contribution in [2.75, 3.05) is 18.1 Å². The molecule has 6 nitrogen and oxygen atoms in total. The van der Waals surface area contributed by atoms with Gasteiger partial charge < -0.3 is 9.88 Å². The van der Waals surface area contributed by atoms with E-state index in [9.17, 15) is 14.4 Å². The molecule has 0 saturated carbocycles. The first-order chi connectivity index (χ1) is 8.20.